The Morgan fingerprint density at radius 1 is 1.50 bits per heavy atom. The van der Waals surface area contributed by atoms with Gasteiger partial charge in [-0.25, -0.2) is 0 Å². The number of hydrogen-bond acceptors (Lipinski definition) is 4. The summed E-state index contributed by atoms with van der Waals surface area (Å²) in [5, 5.41) is 11.9. The Labute approximate surface area is 144 Å². The molecule has 1 aliphatic carbocycles. The van der Waals surface area contributed by atoms with E-state index in [2.05, 4.69) is 11.2 Å². The zero-order chi connectivity index (χ0) is 17.4. The molecule has 3 atom stereocenters. The number of ether oxygens (including phenoxy) is 2. The number of nitrogens with one attached hydrogen (secondary N) is 1. The molecule has 1 aliphatic heterocycles. The molecule has 1 amide bonds. The minimum atomic E-state index is -0.441. The van der Waals surface area contributed by atoms with E-state index >= 15 is 0 Å². The van der Waals surface area contributed by atoms with E-state index in [0.717, 1.165) is 6.42 Å². The normalized spacial score (nSPS) is 27.2. The number of hydrogen-bond donors (Lipinski definition) is 2. The van der Waals surface area contributed by atoms with Crippen molar-refractivity contribution in [2.24, 2.45) is 17.8 Å². The summed E-state index contributed by atoms with van der Waals surface area (Å²) < 4.78 is 11.7. The van der Waals surface area contributed by atoms with Crippen LogP contribution in [0.2, 0.25) is 0 Å². The summed E-state index contributed by atoms with van der Waals surface area (Å²) in [6, 6.07) is 0. The van der Waals surface area contributed by atoms with Gasteiger partial charge in [0.1, 0.15) is 0 Å². The largest absolute Gasteiger partial charge is 0.459 e. The smallest absolute Gasteiger partial charge is 0.286 e. The summed E-state index contributed by atoms with van der Waals surface area (Å²) in [5.74, 6) is 3.42. The third-order valence-corrected chi connectivity index (χ3v) is 4.98. The van der Waals surface area contributed by atoms with Crippen LogP contribution in [-0.2, 0) is 14.3 Å². The van der Waals surface area contributed by atoms with Crippen LogP contribution in [0, 0.1) is 30.1 Å². The molecule has 0 radical (unpaired) electrons. The molecule has 134 valence electrons. The van der Waals surface area contributed by atoms with E-state index in [1.165, 1.54) is 25.7 Å². The summed E-state index contributed by atoms with van der Waals surface area (Å²) in [6.45, 7) is 2.79. The number of aliphatic hydroxyl groups is 1. The molecule has 2 N–H and O–H groups in total. The van der Waals surface area contributed by atoms with Crippen molar-refractivity contribution in [1.82, 2.24) is 5.32 Å². The molecule has 5 heteroatoms. The monoisotopic (exact) mass is 335 g/mol. The highest BCUT2D eigenvalue weighted by molar-refractivity contribution is 5.91. The van der Waals surface area contributed by atoms with Gasteiger partial charge >= 0.3 is 0 Å². The van der Waals surface area contributed by atoms with Crippen molar-refractivity contribution in [3.8, 4) is 12.3 Å². The van der Waals surface area contributed by atoms with E-state index in [9.17, 15) is 9.90 Å². The fourth-order valence-electron chi connectivity index (χ4n) is 3.88. The Hall–Kier alpha value is -1.51. The van der Waals surface area contributed by atoms with Crippen LogP contribution in [-0.4, -0.2) is 37.1 Å². The lowest BCUT2D eigenvalue weighted by atomic mass is 9.76. The van der Waals surface area contributed by atoms with Crippen molar-refractivity contribution in [1.29, 1.82) is 0 Å². The lowest BCUT2D eigenvalue weighted by Crippen LogP contribution is -2.41. The Kier molecular flexibility index (Phi) is 7.61. The first kappa shape index (κ1) is 18.8. The first-order valence-electron chi connectivity index (χ1n) is 9.03. The molecule has 0 bridgehead atoms. The van der Waals surface area contributed by atoms with Crippen LogP contribution in [0.25, 0.3) is 0 Å². The minimum absolute atomic E-state index is 0.159. The molecular weight excluding hydrogens is 306 g/mol. The summed E-state index contributed by atoms with van der Waals surface area (Å²) in [5.41, 5.74) is 0. The van der Waals surface area contributed by atoms with Crippen LogP contribution in [0.5, 0.6) is 0 Å². The lowest BCUT2D eigenvalue weighted by molar-refractivity contribution is -0.175. The fourth-order valence-corrected chi connectivity index (χ4v) is 3.88. The average molecular weight is 335 g/mol. The van der Waals surface area contributed by atoms with Crippen molar-refractivity contribution in [2.45, 2.75) is 51.7 Å². The van der Waals surface area contributed by atoms with Crippen molar-refractivity contribution < 1.29 is 19.4 Å². The Morgan fingerprint density at radius 3 is 2.88 bits per heavy atom. The molecule has 0 aromatic rings. The van der Waals surface area contributed by atoms with Gasteiger partial charge in [-0.15, -0.1) is 6.42 Å². The average Bonchev–Trinajstić information content (AvgIpc) is 3.12. The topological polar surface area (TPSA) is 67.8 Å². The van der Waals surface area contributed by atoms with E-state index in [-0.39, 0.29) is 30.9 Å². The maximum Gasteiger partial charge on any atom is 0.286 e. The highest BCUT2D eigenvalue weighted by atomic mass is 16.7. The number of rotatable bonds is 8. The molecule has 0 spiro atoms. The third-order valence-electron chi connectivity index (χ3n) is 4.98. The number of aliphatic hydroxyl groups excluding tert-OH is 1. The van der Waals surface area contributed by atoms with Gasteiger partial charge in [-0.1, -0.05) is 18.8 Å². The molecular formula is C19H29NO4. The molecule has 1 fully saturated rings. The van der Waals surface area contributed by atoms with Gasteiger partial charge in [0, 0.05) is 19.1 Å². The van der Waals surface area contributed by atoms with Crippen LogP contribution in [0.3, 0.4) is 0 Å². The van der Waals surface area contributed by atoms with E-state index in [4.69, 9.17) is 15.9 Å². The van der Waals surface area contributed by atoms with Crippen molar-refractivity contribution in [2.75, 3.05) is 19.8 Å². The summed E-state index contributed by atoms with van der Waals surface area (Å²) >= 11 is 0. The molecule has 2 rings (SSSR count). The SMILES string of the molecule is C#CCNC(=O)C1=C[C@@H](C2CCCC2)[C@@H](CCCO)[C@@H](OCC)O1. The predicted octanol–water partition coefficient (Wildman–Crippen LogP) is 2.21. The Morgan fingerprint density at radius 2 is 2.25 bits per heavy atom. The molecule has 2 aliphatic rings. The first-order chi connectivity index (χ1) is 11.7. The predicted molar refractivity (Wildman–Crippen MR) is 91.7 cm³/mol. The highest BCUT2D eigenvalue weighted by Gasteiger charge is 2.41. The molecule has 0 aromatic heterocycles. The quantitative estimate of drug-likeness (QED) is 0.667. The van der Waals surface area contributed by atoms with E-state index in [1.54, 1.807) is 0 Å². The molecule has 1 saturated carbocycles. The van der Waals surface area contributed by atoms with Gasteiger partial charge in [0.2, 0.25) is 6.29 Å². The number of allylic oxidation sites excluding steroid dienone is 1. The van der Waals surface area contributed by atoms with Gasteiger partial charge in [-0.3, -0.25) is 4.79 Å². The molecule has 5 nitrogen and oxygen atoms in total. The van der Waals surface area contributed by atoms with Crippen molar-refractivity contribution in [3.05, 3.63) is 11.8 Å². The van der Waals surface area contributed by atoms with Gasteiger partial charge < -0.3 is 19.9 Å². The zero-order valence-electron chi connectivity index (χ0n) is 14.5. The van der Waals surface area contributed by atoms with E-state index < -0.39 is 6.29 Å². The summed E-state index contributed by atoms with van der Waals surface area (Å²) in [6.07, 6.45) is 13.1. The lowest BCUT2D eigenvalue weighted by Gasteiger charge is -2.39. The number of carbonyl (C=O) groups excluding carboxylic acids is 1. The summed E-state index contributed by atoms with van der Waals surface area (Å²) in [4.78, 5) is 12.3. The van der Waals surface area contributed by atoms with Gasteiger partial charge in [0.15, 0.2) is 5.76 Å². The van der Waals surface area contributed by atoms with Gasteiger partial charge in [-0.2, -0.15) is 0 Å². The van der Waals surface area contributed by atoms with Crippen LogP contribution < -0.4 is 5.32 Å². The fraction of sp³-hybridized carbons (Fsp3) is 0.737. The molecule has 0 saturated heterocycles. The summed E-state index contributed by atoms with van der Waals surface area (Å²) in [7, 11) is 0. The second-order valence-electron chi connectivity index (χ2n) is 6.51. The molecule has 24 heavy (non-hydrogen) atoms. The number of terminal acetylenes is 1. The second kappa shape index (κ2) is 9.71. The number of carbonyl (C=O) groups is 1. The van der Waals surface area contributed by atoms with Crippen LogP contribution in [0.15, 0.2) is 11.8 Å². The third kappa shape index (κ3) is 4.75. The van der Waals surface area contributed by atoms with Gasteiger partial charge in [0.05, 0.1) is 6.54 Å². The van der Waals surface area contributed by atoms with Crippen molar-refractivity contribution in [3.63, 3.8) is 0 Å². The highest BCUT2D eigenvalue weighted by Crippen LogP contribution is 2.43. The standard InChI is InChI=1S/C19H29NO4/c1-3-11-20-18(22)17-13-16(14-8-5-6-9-14)15(10-7-12-21)19(24-17)23-4-2/h1,13-16,19,21H,4-12H2,2H3,(H,20,22)/t15-,16+,19+/m1/s1. The first-order valence-corrected chi connectivity index (χ1v) is 9.03. The molecule has 1 heterocycles. The maximum absolute atomic E-state index is 12.3. The van der Waals surface area contributed by atoms with Crippen LogP contribution in [0.1, 0.15) is 45.4 Å². The zero-order valence-corrected chi connectivity index (χ0v) is 14.5. The molecule has 0 aromatic carbocycles. The van der Waals surface area contributed by atoms with Gasteiger partial charge in [-0.05, 0) is 50.5 Å². The number of amides is 1. The van der Waals surface area contributed by atoms with E-state index in [0.29, 0.717) is 24.7 Å². The van der Waals surface area contributed by atoms with E-state index in [1.807, 2.05) is 13.0 Å². The Bertz CT molecular complexity index is 476. The van der Waals surface area contributed by atoms with Crippen LogP contribution >= 0.6 is 0 Å². The maximum atomic E-state index is 12.3. The van der Waals surface area contributed by atoms with Gasteiger partial charge in [0.25, 0.3) is 5.91 Å². The van der Waals surface area contributed by atoms with Crippen LogP contribution in [0.4, 0.5) is 0 Å². The second-order valence-corrected chi connectivity index (χ2v) is 6.51. The molecule has 0 unspecified atom stereocenters. The van der Waals surface area contributed by atoms with Crippen molar-refractivity contribution >= 4 is 5.91 Å². The minimum Gasteiger partial charge on any atom is -0.459 e. The Balaban J connectivity index is 2.22.